The van der Waals surface area contributed by atoms with E-state index < -0.39 is 0 Å². The standard InChI is InChI=1S/C7H15N3S/c1-6(2)10-5-7(8-9-10)11(3)4/h5-6,11H,1-4H3. The molecule has 0 atom stereocenters. The predicted octanol–water partition coefficient (Wildman–Crippen LogP) is 1.48. The van der Waals surface area contributed by atoms with Crippen molar-refractivity contribution in [3.8, 4) is 0 Å². The Hall–Kier alpha value is -0.510. The van der Waals surface area contributed by atoms with E-state index >= 15 is 0 Å². The van der Waals surface area contributed by atoms with Gasteiger partial charge in [-0.2, -0.15) is 0 Å². The summed E-state index contributed by atoms with van der Waals surface area (Å²) in [6.07, 6.45) is 6.41. The molecule has 1 aromatic heterocycles. The van der Waals surface area contributed by atoms with Crippen LogP contribution >= 0.6 is 10.9 Å². The summed E-state index contributed by atoms with van der Waals surface area (Å²) in [4.78, 5) is 0. The Labute approximate surface area is 70.1 Å². The van der Waals surface area contributed by atoms with Crippen molar-refractivity contribution in [1.29, 1.82) is 0 Å². The Bertz CT molecular complexity index is 207. The van der Waals surface area contributed by atoms with E-state index in [4.69, 9.17) is 0 Å². The van der Waals surface area contributed by atoms with Crippen molar-refractivity contribution in [2.45, 2.75) is 24.9 Å². The van der Waals surface area contributed by atoms with E-state index in [0.717, 1.165) is 5.03 Å². The molecule has 0 radical (unpaired) electrons. The molecule has 0 saturated carbocycles. The quantitative estimate of drug-likeness (QED) is 0.687. The fraction of sp³-hybridized carbons (Fsp3) is 0.714. The molecule has 0 saturated heterocycles. The number of rotatable bonds is 2. The summed E-state index contributed by atoms with van der Waals surface area (Å²) in [6.45, 7) is 4.21. The molecule has 3 nitrogen and oxygen atoms in total. The molecule has 0 unspecified atom stereocenters. The second-order valence-electron chi connectivity index (χ2n) is 3.04. The molecule has 0 amide bonds. The van der Waals surface area contributed by atoms with Gasteiger partial charge in [0.15, 0.2) is 0 Å². The van der Waals surface area contributed by atoms with Crippen LogP contribution in [0.1, 0.15) is 19.9 Å². The Morgan fingerprint density at radius 3 is 2.36 bits per heavy atom. The number of nitrogens with zero attached hydrogens (tertiary/aromatic N) is 3. The normalized spacial score (nSPS) is 12.3. The Kier molecular flexibility index (Phi) is 2.54. The summed E-state index contributed by atoms with van der Waals surface area (Å²) in [7, 11) is -0.0940. The third-order valence-corrected chi connectivity index (χ3v) is 2.61. The van der Waals surface area contributed by atoms with Gasteiger partial charge in [-0.25, -0.2) is 15.6 Å². The number of aromatic nitrogens is 3. The summed E-state index contributed by atoms with van der Waals surface area (Å²) in [5.74, 6) is 0. The van der Waals surface area contributed by atoms with E-state index in [1.165, 1.54) is 0 Å². The molecule has 0 aliphatic rings. The highest BCUT2D eigenvalue weighted by molar-refractivity contribution is 8.15. The first kappa shape index (κ1) is 8.59. The summed E-state index contributed by atoms with van der Waals surface area (Å²) < 4.78 is 1.90. The molecule has 1 rings (SSSR count). The molecule has 1 heterocycles. The summed E-state index contributed by atoms with van der Waals surface area (Å²) in [5.41, 5.74) is 0. The zero-order valence-electron chi connectivity index (χ0n) is 7.44. The molecule has 0 bridgehead atoms. The first-order valence-electron chi connectivity index (χ1n) is 3.70. The highest BCUT2D eigenvalue weighted by Crippen LogP contribution is 2.25. The second-order valence-corrected chi connectivity index (χ2v) is 5.29. The van der Waals surface area contributed by atoms with E-state index in [2.05, 4.69) is 36.7 Å². The molecule has 0 N–H and O–H groups in total. The average molecular weight is 173 g/mol. The van der Waals surface area contributed by atoms with Gasteiger partial charge in [0, 0.05) is 6.04 Å². The van der Waals surface area contributed by atoms with Crippen molar-refractivity contribution in [1.82, 2.24) is 15.0 Å². The van der Waals surface area contributed by atoms with Crippen LogP contribution in [0.15, 0.2) is 11.2 Å². The third kappa shape index (κ3) is 1.96. The lowest BCUT2D eigenvalue weighted by molar-refractivity contribution is 0.514. The first-order valence-corrected chi connectivity index (χ1v) is 5.94. The van der Waals surface area contributed by atoms with E-state index in [1.54, 1.807) is 0 Å². The fourth-order valence-corrected chi connectivity index (χ4v) is 1.29. The lowest BCUT2D eigenvalue weighted by atomic mass is 10.4. The van der Waals surface area contributed by atoms with Gasteiger partial charge in [-0.3, -0.25) is 0 Å². The molecule has 11 heavy (non-hydrogen) atoms. The first-order chi connectivity index (χ1) is 5.11. The SMILES string of the molecule is CC(C)n1cc([SH](C)C)nn1. The summed E-state index contributed by atoms with van der Waals surface area (Å²) in [6, 6.07) is 0.422. The van der Waals surface area contributed by atoms with Gasteiger partial charge in [-0.05, 0) is 26.4 Å². The van der Waals surface area contributed by atoms with Crippen molar-refractivity contribution in [3.63, 3.8) is 0 Å². The number of thiol groups is 1. The van der Waals surface area contributed by atoms with Crippen LogP contribution in [0.5, 0.6) is 0 Å². The summed E-state index contributed by atoms with van der Waals surface area (Å²) >= 11 is 0. The van der Waals surface area contributed by atoms with Crippen LogP contribution in [0.25, 0.3) is 0 Å². The highest BCUT2D eigenvalue weighted by atomic mass is 32.2. The van der Waals surface area contributed by atoms with Crippen molar-refractivity contribution in [2.24, 2.45) is 0 Å². The van der Waals surface area contributed by atoms with Crippen LogP contribution < -0.4 is 0 Å². The van der Waals surface area contributed by atoms with Gasteiger partial charge >= 0.3 is 0 Å². The second kappa shape index (κ2) is 3.26. The van der Waals surface area contributed by atoms with Gasteiger partial charge in [0.2, 0.25) is 0 Å². The maximum Gasteiger partial charge on any atom is 0.118 e. The Balaban J connectivity index is 2.82. The van der Waals surface area contributed by atoms with Crippen LogP contribution in [-0.2, 0) is 0 Å². The van der Waals surface area contributed by atoms with E-state index in [-0.39, 0.29) is 10.9 Å². The third-order valence-electron chi connectivity index (χ3n) is 1.49. The van der Waals surface area contributed by atoms with Crippen molar-refractivity contribution in [3.05, 3.63) is 6.20 Å². The van der Waals surface area contributed by atoms with E-state index in [0.29, 0.717) is 6.04 Å². The molecule has 0 fully saturated rings. The minimum Gasteiger partial charge on any atom is -0.249 e. The van der Waals surface area contributed by atoms with Gasteiger partial charge in [-0.15, -0.1) is 5.10 Å². The minimum atomic E-state index is -0.0940. The van der Waals surface area contributed by atoms with Gasteiger partial charge in [0.05, 0.1) is 6.20 Å². The molecule has 0 aliphatic heterocycles. The van der Waals surface area contributed by atoms with Crippen molar-refractivity contribution < 1.29 is 0 Å². The number of hydrogen-bond acceptors (Lipinski definition) is 2. The van der Waals surface area contributed by atoms with Crippen LogP contribution in [-0.4, -0.2) is 27.5 Å². The van der Waals surface area contributed by atoms with Crippen LogP contribution in [0, 0.1) is 0 Å². The van der Waals surface area contributed by atoms with Gasteiger partial charge in [0.1, 0.15) is 5.03 Å². The van der Waals surface area contributed by atoms with Gasteiger partial charge in [0.25, 0.3) is 0 Å². The highest BCUT2D eigenvalue weighted by Gasteiger charge is 2.03. The van der Waals surface area contributed by atoms with E-state index in [9.17, 15) is 0 Å². The molecular weight excluding hydrogens is 158 g/mol. The molecule has 64 valence electrons. The van der Waals surface area contributed by atoms with Crippen molar-refractivity contribution >= 4 is 10.9 Å². The monoisotopic (exact) mass is 173 g/mol. The molecule has 0 aliphatic carbocycles. The Morgan fingerprint density at radius 1 is 1.45 bits per heavy atom. The molecule has 0 aromatic carbocycles. The van der Waals surface area contributed by atoms with Gasteiger partial charge < -0.3 is 0 Å². The molecule has 4 heteroatoms. The van der Waals surface area contributed by atoms with Crippen LogP contribution in [0.2, 0.25) is 0 Å². The Morgan fingerprint density at radius 2 is 2.09 bits per heavy atom. The summed E-state index contributed by atoms with van der Waals surface area (Å²) in [5, 5.41) is 9.23. The van der Waals surface area contributed by atoms with Crippen LogP contribution in [0.3, 0.4) is 0 Å². The molecular formula is C7H15N3S. The maximum absolute atomic E-state index is 4.08. The van der Waals surface area contributed by atoms with E-state index in [1.807, 2.05) is 10.9 Å². The lowest BCUT2D eigenvalue weighted by Gasteiger charge is -2.03. The lowest BCUT2D eigenvalue weighted by Crippen LogP contribution is -2.00. The van der Waals surface area contributed by atoms with Crippen molar-refractivity contribution in [2.75, 3.05) is 12.5 Å². The predicted molar refractivity (Wildman–Crippen MR) is 49.5 cm³/mol. The number of hydrogen-bond donors (Lipinski definition) is 1. The molecule has 1 aromatic rings. The van der Waals surface area contributed by atoms with Gasteiger partial charge in [-0.1, -0.05) is 5.21 Å². The average Bonchev–Trinajstić information content (AvgIpc) is 2.33. The smallest absolute Gasteiger partial charge is 0.118 e. The largest absolute Gasteiger partial charge is 0.249 e. The zero-order valence-corrected chi connectivity index (χ0v) is 8.34. The maximum atomic E-state index is 4.08. The minimum absolute atomic E-state index is 0.0940. The van der Waals surface area contributed by atoms with Crippen LogP contribution in [0.4, 0.5) is 0 Å². The topological polar surface area (TPSA) is 30.7 Å². The fourth-order valence-electron chi connectivity index (χ4n) is 0.725. The molecule has 0 spiro atoms. The zero-order chi connectivity index (χ0) is 8.43.